The molecule has 0 aliphatic carbocycles. The van der Waals surface area contributed by atoms with Crippen molar-refractivity contribution in [1.82, 2.24) is 9.62 Å². The second kappa shape index (κ2) is 16.1. The number of benzene rings is 4. The smallest absolute Gasteiger partial charge is 0.264 e. The quantitative estimate of drug-likeness (QED) is 0.0708. The van der Waals surface area contributed by atoms with Gasteiger partial charge < -0.3 is 9.47 Å². The van der Waals surface area contributed by atoms with Crippen molar-refractivity contribution in [3.8, 4) is 11.5 Å². The lowest BCUT2D eigenvalue weighted by molar-refractivity contribution is 0.0982. The van der Waals surface area contributed by atoms with Crippen molar-refractivity contribution in [3.05, 3.63) is 124 Å². The van der Waals surface area contributed by atoms with E-state index in [4.69, 9.17) is 15.0 Å². The molecule has 4 aromatic carbocycles. The molecule has 1 atom stereocenters. The fourth-order valence-corrected chi connectivity index (χ4v) is 6.65. The number of amides is 1. The van der Waals surface area contributed by atoms with Crippen LogP contribution in [0.4, 0.5) is 0 Å². The highest BCUT2D eigenvalue weighted by molar-refractivity contribution is 7.99. The third-order valence-electron chi connectivity index (χ3n) is 6.53. The number of thioether (sulfide) groups is 1. The summed E-state index contributed by atoms with van der Waals surface area (Å²) in [7, 11) is -2.89. The summed E-state index contributed by atoms with van der Waals surface area (Å²) < 4.78 is 52.9. The van der Waals surface area contributed by atoms with Crippen molar-refractivity contribution in [3.63, 3.8) is 0 Å². The number of methoxy groups -OCH3 is 2. The number of rotatable bonds is 15. The fraction of sp³-hybridized carbons (Fsp3) is 0.194. The summed E-state index contributed by atoms with van der Waals surface area (Å²) in [6, 6.07) is 28.2. The standard InChI is InChI=1S/C31H31N5O6S3/c1-41-26-18-25(19-27(20-26)42-2)31(37)33-44(38)29-12-8-23(9-13-29)21-36(16-17-43-28-6-4-3-5-7-28)22-24-10-14-30(15-11-24)45(39,40)35-34-32/h3-15,18-20H,16-17,21-22H2,1-2H3,(H,33,37). The number of carbonyl (C=O) groups is 1. The second-order valence-corrected chi connectivity index (χ2v) is 13.6. The lowest BCUT2D eigenvalue weighted by atomic mass is 10.1. The minimum Gasteiger partial charge on any atom is -0.497 e. The summed E-state index contributed by atoms with van der Waals surface area (Å²) in [5, 5.41) is 0. The minimum absolute atomic E-state index is 0.0727. The van der Waals surface area contributed by atoms with E-state index in [1.54, 1.807) is 42.1 Å². The predicted molar refractivity (Wildman–Crippen MR) is 174 cm³/mol. The van der Waals surface area contributed by atoms with Crippen LogP contribution in [0.15, 0.2) is 116 Å². The average Bonchev–Trinajstić information content (AvgIpc) is 3.05. The van der Waals surface area contributed by atoms with Crippen LogP contribution in [0.3, 0.4) is 0 Å². The Morgan fingerprint density at radius 2 is 1.49 bits per heavy atom. The Kier molecular flexibility index (Phi) is 12.0. The molecule has 0 spiro atoms. The van der Waals surface area contributed by atoms with Gasteiger partial charge in [-0.15, -0.1) is 11.8 Å². The van der Waals surface area contributed by atoms with Crippen LogP contribution >= 0.6 is 11.8 Å². The summed E-state index contributed by atoms with van der Waals surface area (Å²) >= 11 is 1.73. The van der Waals surface area contributed by atoms with Crippen molar-refractivity contribution >= 4 is 38.7 Å². The molecule has 4 aromatic rings. The molecule has 0 aliphatic rings. The van der Waals surface area contributed by atoms with E-state index in [1.165, 1.54) is 38.5 Å². The van der Waals surface area contributed by atoms with Crippen molar-refractivity contribution in [2.24, 2.45) is 4.52 Å². The topological polar surface area (TPSA) is 151 Å². The van der Waals surface area contributed by atoms with Crippen LogP contribution in [-0.4, -0.2) is 50.0 Å². The maximum absolute atomic E-state index is 13.0. The zero-order valence-corrected chi connectivity index (χ0v) is 27.0. The lowest BCUT2D eigenvalue weighted by Crippen LogP contribution is -2.26. The molecule has 0 saturated heterocycles. The number of sulfonamides is 1. The minimum atomic E-state index is -4.06. The second-order valence-electron chi connectivity index (χ2n) is 9.61. The molecule has 11 nitrogen and oxygen atoms in total. The Hall–Kier alpha value is -4.33. The number of nitrogens with one attached hydrogen (secondary N) is 1. The molecule has 14 heteroatoms. The van der Waals surface area contributed by atoms with Crippen LogP contribution in [-0.2, 0) is 34.1 Å². The van der Waals surface area contributed by atoms with Crippen LogP contribution in [0.25, 0.3) is 10.4 Å². The van der Waals surface area contributed by atoms with Gasteiger partial charge in [-0.1, -0.05) is 42.5 Å². The molecule has 4 rings (SSSR count). The first-order valence-electron chi connectivity index (χ1n) is 13.6. The predicted octanol–water partition coefficient (Wildman–Crippen LogP) is 5.95. The van der Waals surface area contributed by atoms with E-state index in [2.05, 4.69) is 31.2 Å². The molecule has 0 radical (unpaired) electrons. The molecular formula is C31H31N5O6S3. The number of azide groups is 1. The van der Waals surface area contributed by atoms with Gasteiger partial charge in [-0.3, -0.25) is 14.4 Å². The zero-order valence-electron chi connectivity index (χ0n) is 24.5. The summed E-state index contributed by atoms with van der Waals surface area (Å²) in [4.78, 5) is 18.9. The van der Waals surface area contributed by atoms with Gasteiger partial charge in [0, 0.05) is 51.3 Å². The van der Waals surface area contributed by atoms with Crippen LogP contribution in [0.5, 0.6) is 11.5 Å². The number of carbonyl (C=O) groups excluding carboxylic acids is 1. The van der Waals surface area contributed by atoms with Gasteiger partial charge in [0.05, 0.1) is 24.0 Å². The van der Waals surface area contributed by atoms with E-state index in [0.717, 1.165) is 28.3 Å². The van der Waals surface area contributed by atoms with Crippen molar-refractivity contribution in [1.29, 1.82) is 0 Å². The van der Waals surface area contributed by atoms with Gasteiger partial charge >= 0.3 is 0 Å². The SMILES string of the molecule is COc1cc(OC)cc(C(=O)NS(=O)c2ccc(CN(CCSc3ccccc3)Cc3ccc(S(=O)(=O)N=[N+]=[N-])cc3)cc2)c1. The van der Waals surface area contributed by atoms with Crippen molar-refractivity contribution in [2.75, 3.05) is 26.5 Å². The molecular weight excluding hydrogens is 635 g/mol. The molecule has 234 valence electrons. The van der Waals surface area contributed by atoms with E-state index in [9.17, 15) is 17.4 Å². The molecule has 0 saturated carbocycles. The van der Waals surface area contributed by atoms with E-state index in [-0.39, 0.29) is 10.5 Å². The first kappa shape index (κ1) is 33.6. The van der Waals surface area contributed by atoms with Crippen LogP contribution in [0, 0.1) is 0 Å². The van der Waals surface area contributed by atoms with Gasteiger partial charge in [0.1, 0.15) is 11.5 Å². The number of nitrogens with zero attached hydrogens (tertiary/aromatic N) is 4. The summed E-state index contributed by atoms with van der Waals surface area (Å²) in [5.74, 6) is 1.16. The summed E-state index contributed by atoms with van der Waals surface area (Å²) in [6.07, 6.45) is 0. The highest BCUT2D eigenvalue weighted by atomic mass is 32.2. The summed E-state index contributed by atoms with van der Waals surface area (Å²) in [5.41, 5.74) is 10.6. The Morgan fingerprint density at radius 1 is 0.911 bits per heavy atom. The molecule has 45 heavy (non-hydrogen) atoms. The number of ether oxygens (including phenoxy) is 2. The number of hydrogen-bond donors (Lipinski definition) is 1. The van der Waals surface area contributed by atoms with Gasteiger partial charge in [-0.05, 0) is 65.2 Å². The third-order valence-corrected chi connectivity index (χ3v) is 9.75. The molecule has 0 heterocycles. The van der Waals surface area contributed by atoms with Crippen molar-refractivity contribution < 1.29 is 26.9 Å². The molecule has 0 fully saturated rings. The molecule has 0 aliphatic heterocycles. The van der Waals surface area contributed by atoms with E-state index >= 15 is 0 Å². The Morgan fingerprint density at radius 3 is 2.04 bits per heavy atom. The fourth-order valence-electron chi connectivity index (χ4n) is 4.26. The largest absolute Gasteiger partial charge is 0.497 e. The molecule has 1 amide bonds. The molecule has 0 aromatic heterocycles. The Bertz CT molecular complexity index is 1760. The molecule has 1 N–H and O–H groups in total. The van der Waals surface area contributed by atoms with Gasteiger partial charge in [0.15, 0.2) is 11.0 Å². The van der Waals surface area contributed by atoms with E-state index in [0.29, 0.717) is 29.5 Å². The van der Waals surface area contributed by atoms with Gasteiger partial charge in [-0.2, -0.15) is 0 Å². The molecule has 1 unspecified atom stereocenters. The zero-order chi connectivity index (χ0) is 32.2. The summed E-state index contributed by atoms with van der Waals surface area (Å²) in [6.45, 7) is 1.83. The maximum atomic E-state index is 13.0. The highest BCUT2D eigenvalue weighted by Crippen LogP contribution is 2.23. The normalized spacial score (nSPS) is 11.8. The maximum Gasteiger partial charge on any atom is 0.264 e. The Balaban J connectivity index is 1.44. The molecule has 0 bridgehead atoms. The first-order valence-corrected chi connectivity index (χ1v) is 17.1. The first-order chi connectivity index (χ1) is 21.7. The van der Waals surface area contributed by atoms with Gasteiger partial charge in [-0.25, -0.2) is 12.6 Å². The van der Waals surface area contributed by atoms with Crippen LogP contribution in [0.1, 0.15) is 21.5 Å². The monoisotopic (exact) mass is 665 g/mol. The van der Waals surface area contributed by atoms with Crippen LogP contribution in [0.2, 0.25) is 0 Å². The average molecular weight is 666 g/mol. The van der Waals surface area contributed by atoms with Crippen LogP contribution < -0.4 is 14.2 Å². The Labute approximate surface area is 268 Å². The van der Waals surface area contributed by atoms with E-state index < -0.39 is 26.9 Å². The highest BCUT2D eigenvalue weighted by Gasteiger charge is 2.16. The lowest BCUT2D eigenvalue weighted by Gasteiger charge is -2.23. The third kappa shape index (κ3) is 9.83. The van der Waals surface area contributed by atoms with Gasteiger partial charge in [0.2, 0.25) is 0 Å². The van der Waals surface area contributed by atoms with Gasteiger partial charge in [0.25, 0.3) is 15.9 Å². The van der Waals surface area contributed by atoms with E-state index in [1.807, 2.05) is 30.3 Å². The van der Waals surface area contributed by atoms with Crippen molar-refractivity contribution in [2.45, 2.75) is 27.8 Å². The number of hydrogen-bond acceptors (Lipinski definition) is 8.